The predicted octanol–water partition coefficient (Wildman–Crippen LogP) is 1.96. The van der Waals surface area contributed by atoms with Crippen LogP contribution in [0.2, 0.25) is 0 Å². The maximum absolute atomic E-state index is 4.50. The van der Waals surface area contributed by atoms with Crippen LogP contribution in [0.15, 0.2) is 4.99 Å². The van der Waals surface area contributed by atoms with Crippen LogP contribution in [0.5, 0.6) is 0 Å². The first kappa shape index (κ1) is 19.5. The number of aliphatic imine (C=N–C) groups is 1. The summed E-state index contributed by atoms with van der Waals surface area (Å²) in [5.41, 5.74) is 0. The Hall–Kier alpha value is -0.810. The van der Waals surface area contributed by atoms with Gasteiger partial charge in [-0.2, -0.15) is 0 Å². The van der Waals surface area contributed by atoms with Gasteiger partial charge >= 0.3 is 0 Å². The van der Waals surface area contributed by atoms with Gasteiger partial charge in [-0.15, -0.1) is 0 Å². The molecule has 0 bridgehead atoms. The van der Waals surface area contributed by atoms with Crippen LogP contribution in [0.1, 0.15) is 39.5 Å². The number of rotatable bonds is 6. The molecule has 2 rings (SSSR count). The molecule has 1 unspecified atom stereocenters. The van der Waals surface area contributed by atoms with Crippen LogP contribution in [-0.2, 0) is 0 Å². The normalized spacial score (nSPS) is 24.6. The minimum atomic E-state index is 0.803. The lowest BCUT2D eigenvalue weighted by atomic mass is 9.97. The zero-order valence-electron chi connectivity index (χ0n) is 16.4. The van der Waals surface area contributed by atoms with Crippen molar-refractivity contribution in [3.05, 3.63) is 0 Å². The van der Waals surface area contributed by atoms with Crippen molar-refractivity contribution in [1.82, 2.24) is 20.0 Å². The molecule has 1 atom stereocenters. The third-order valence-electron chi connectivity index (χ3n) is 5.35. The molecule has 0 amide bonds. The number of likely N-dealkylation sites (N-methyl/N-ethyl adjacent to an activating group) is 1. The molecule has 0 aromatic rings. The second-order valence-corrected chi connectivity index (χ2v) is 8.06. The van der Waals surface area contributed by atoms with E-state index in [0.29, 0.717) is 0 Å². The molecule has 2 aliphatic heterocycles. The first-order valence-electron chi connectivity index (χ1n) is 9.95. The second kappa shape index (κ2) is 10.2. The van der Waals surface area contributed by atoms with Gasteiger partial charge in [-0.05, 0) is 64.2 Å². The SMILES string of the molecule is CN=C(NCCCN1CCCN(C)CC1)N1CCC(CC(C)C)C1. The molecular formula is C19H39N5. The lowest BCUT2D eigenvalue weighted by Gasteiger charge is -2.23. The first-order chi connectivity index (χ1) is 11.6. The molecule has 0 aliphatic carbocycles. The minimum absolute atomic E-state index is 0.803. The minimum Gasteiger partial charge on any atom is -0.356 e. The molecular weight excluding hydrogens is 298 g/mol. The summed E-state index contributed by atoms with van der Waals surface area (Å²) in [5, 5.41) is 3.59. The van der Waals surface area contributed by atoms with Crippen molar-refractivity contribution in [2.75, 3.05) is 66.5 Å². The van der Waals surface area contributed by atoms with Gasteiger partial charge in [-0.25, -0.2) is 0 Å². The van der Waals surface area contributed by atoms with Crippen molar-refractivity contribution >= 4 is 5.96 Å². The Morgan fingerprint density at radius 3 is 2.75 bits per heavy atom. The summed E-state index contributed by atoms with van der Waals surface area (Å²) in [6.45, 7) is 14.2. The van der Waals surface area contributed by atoms with E-state index in [1.54, 1.807) is 0 Å². The van der Waals surface area contributed by atoms with Crippen LogP contribution in [-0.4, -0.2) is 87.1 Å². The van der Waals surface area contributed by atoms with Crippen molar-refractivity contribution < 1.29 is 0 Å². The van der Waals surface area contributed by atoms with E-state index in [1.165, 1.54) is 65.0 Å². The van der Waals surface area contributed by atoms with E-state index in [4.69, 9.17) is 0 Å². The summed E-state index contributed by atoms with van der Waals surface area (Å²) in [5.74, 6) is 2.76. The van der Waals surface area contributed by atoms with E-state index in [9.17, 15) is 0 Å². The Labute approximate surface area is 149 Å². The van der Waals surface area contributed by atoms with Gasteiger partial charge in [0.25, 0.3) is 0 Å². The van der Waals surface area contributed by atoms with Crippen LogP contribution in [0, 0.1) is 11.8 Å². The highest BCUT2D eigenvalue weighted by molar-refractivity contribution is 5.80. The molecule has 2 aliphatic rings. The number of hydrogen-bond donors (Lipinski definition) is 1. The van der Waals surface area contributed by atoms with Gasteiger partial charge in [0.15, 0.2) is 5.96 Å². The van der Waals surface area contributed by atoms with Crippen molar-refractivity contribution in [1.29, 1.82) is 0 Å². The van der Waals surface area contributed by atoms with Crippen molar-refractivity contribution in [3.8, 4) is 0 Å². The van der Waals surface area contributed by atoms with Crippen LogP contribution in [0.4, 0.5) is 0 Å². The maximum atomic E-state index is 4.50. The van der Waals surface area contributed by atoms with Crippen LogP contribution < -0.4 is 5.32 Å². The third-order valence-corrected chi connectivity index (χ3v) is 5.35. The highest BCUT2D eigenvalue weighted by Crippen LogP contribution is 2.23. The number of nitrogens with one attached hydrogen (secondary N) is 1. The Kier molecular flexibility index (Phi) is 8.33. The van der Waals surface area contributed by atoms with Crippen LogP contribution in [0.25, 0.3) is 0 Å². The molecule has 0 aromatic heterocycles. The number of nitrogens with zero attached hydrogens (tertiary/aromatic N) is 4. The molecule has 0 spiro atoms. The summed E-state index contributed by atoms with van der Waals surface area (Å²) in [6.07, 6.45) is 5.17. The molecule has 0 radical (unpaired) electrons. The van der Waals surface area contributed by atoms with E-state index >= 15 is 0 Å². The monoisotopic (exact) mass is 337 g/mol. The maximum Gasteiger partial charge on any atom is 0.193 e. The van der Waals surface area contributed by atoms with E-state index < -0.39 is 0 Å². The topological polar surface area (TPSA) is 34.1 Å². The summed E-state index contributed by atoms with van der Waals surface area (Å²) >= 11 is 0. The van der Waals surface area contributed by atoms with Gasteiger partial charge in [0, 0.05) is 39.8 Å². The van der Waals surface area contributed by atoms with Crippen molar-refractivity contribution in [2.24, 2.45) is 16.8 Å². The summed E-state index contributed by atoms with van der Waals surface area (Å²) in [6, 6.07) is 0. The fourth-order valence-corrected chi connectivity index (χ4v) is 4.04. The van der Waals surface area contributed by atoms with Crippen molar-refractivity contribution in [2.45, 2.75) is 39.5 Å². The highest BCUT2D eigenvalue weighted by atomic mass is 15.3. The molecule has 2 heterocycles. The standard InChI is InChI=1S/C19H39N5/c1-17(2)15-18-7-12-24(16-18)19(20-3)21-8-5-10-23-11-6-9-22(4)13-14-23/h17-18H,5-16H2,1-4H3,(H,20,21). The number of guanidine groups is 1. The molecule has 2 fully saturated rings. The lowest BCUT2D eigenvalue weighted by molar-refractivity contribution is 0.273. The highest BCUT2D eigenvalue weighted by Gasteiger charge is 2.25. The molecule has 0 aromatic carbocycles. The predicted molar refractivity (Wildman–Crippen MR) is 104 cm³/mol. The summed E-state index contributed by atoms with van der Waals surface area (Å²) in [4.78, 5) is 12.0. The lowest BCUT2D eigenvalue weighted by Crippen LogP contribution is -2.41. The van der Waals surface area contributed by atoms with Gasteiger partial charge in [-0.3, -0.25) is 4.99 Å². The molecule has 1 N–H and O–H groups in total. The molecule has 140 valence electrons. The van der Waals surface area contributed by atoms with E-state index in [1.807, 2.05) is 7.05 Å². The molecule has 5 heteroatoms. The van der Waals surface area contributed by atoms with Crippen LogP contribution in [0.3, 0.4) is 0 Å². The van der Waals surface area contributed by atoms with E-state index in [2.05, 4.69) is 45.9 Å². The van der Waals surface area contributed by atoms with E-state index in [-0.39, 0.29) is 0 Å². The van der Waals surface area contributed by atoms with Gasteiger partial charge in [0.1, 0.15) is 0 Å². The molecule has 0 saturated carbocycles. The molecule has 5 nitrogen and oxygen atoms in total. The first-order valence-corrected chi connectivity index (χ1v) is 9.95. The molecule has 24 heavy (non-hydrogen) atoms. The summed E-state index contributed by atoms with van der Waals surface area (Å²) < 4.78 is 0. The van der Waals surface area contributed by atoms with Crippen molar-refractivity contribution in [3.63, 3.8) is 0 Å². The summed E-state index contributed by atoms with van der Waals surface area (Å²) in [7, 11) is 4.15. The van der Waals surface area contributed by atoms with Crippen LogP contribution >= 0.6 is 0 Å². The smallest absolute Gasteiger partial charge is 0.193 e. The Bertz CT molecular complexity index is 382. The average molecular weight is 338 g/mol. The van der Waals surface area contributed by atoms with Gasteiger partial charge in [0.05, 0.1) is 0 Å². The largest absolute Gasteiger partial charge is 0.356 e. The Morgan fingerprint density at radius 1 is 1.17 bits per heavy atom. The van der Waals surface area contributed by atoms with Gasteiger partial charge in [-0.1, -0.05) is 13.8 Å². The van der Waals surface area contributed by atoms with E-state index in [0.717, 1.165) is 30.9 Å². The van der Waals surface area contributed by atoms with Gasteiger partial charge < -0.3 is 20.0 Å². The van der Waals surface area contributed by atoms with Gasteiger partial charge in [0.2, 0.25) is 0 Å². The number of hydrogen-bond acceptors (Lipinski definition) is 3. The zero-order chi connectivity index (χ0) is 17.4. The average Bonchev–Trinajstić information content (AvgIpc) is 2.88. The fraction of sp³-hybridized carbons (Fsp3) is 0.947. The quantitative estimate of drug-likeness (QED) is 0.456. The zero-order valence-corrected chi connectivity index (χ0v) is 16.4. The molecule has 2 saturated heterocycles. The number of likely N-dealkylation sites (tertiary alicyclic amines) is 1. The second-order valence-electron chi connectivity index (χ2n) is 8.06. The Balaban J connectivity index is 1.63. The third kappa shape index (κ3) is 6.60. The Morgan fingerprint density at radius 2 is 2.00 bits per heavy atom. The fourth-order valence-electron chi connectivity index (χ4n) is 4.04.